The van der Waals surface area contributed by atoms with Gasteiger partial charge in [-0.1, -0.05) is 181 Å². The monoisotopic (exact) mass is 1370 g/mol. The molecule has 0 saturated heterocycles. The van der Waals surface area contributed by atoms with E-state index in [1.807, 2.05) is 138 Å². The maximum absolute atomic E-state index is 17.1. The van der Waals surface area contributed by atoms with Crippen LogP contribution in [-0.2, 0) is 6.18 Å². The van der Waals surface area contributed by atoms with Crippen molar-refractivity contribution in [3.8, 4) is 22.3 Å². The first-order valence-electron chi connectivity index (χ1n) is 33.0. The minimum atomic E-state index is -4.74. The van der Waals surface area contributed by atoms with Gasteiger partial charge in [-0.2, -0.15) is 13.2 Å². The van der Waals surface area contributed by atoms with Crippen molar-refractivity contribution in [1.29, 1.82) is 0 Å². The third kappa shape index (κ3) is 10.1. The van der Waals surface area contributed by atoms with Gasteiger partial charge in [0.05, 0.1) is 11.3 Å². The number of para-hydroxylation sites is 6. The van der Waals surface area contributed by atoms with Gasteiger partial charge in [0.25, 0.3) is 6.71 Å². The second kappa shape index (κ2) is 24.4. The van der Waals surface area contributed by atoms with Crippen LogP contribution in [-0.4, -0.2) is 13.4 Å². The van der Waals surface area contributed by atoms with Gasteiger partial charge in [0.1, 0.15) is 52.0 Å². The number of hydrogen-bond acceptors (Lipinski definition) is 6. The van der Waals surface area contributed by atoms with Crippen molar-refractivity contribution in [3.63, 3.8) is 0 Å². The van der Waals surface area contributed by atoms with Gasteiger partial charge in [-0.25, -0.2) is 26.3 Å². The Bertz CT molecular complexity index is 5540. The zero-order chi connectivity index (χ0) is 69.2. The van der Waals surface area contributed by atoms with Gasteiger partial charge in [0, 0.05) is 72.4 Å². The van der Waals surface area contributed by atoms with Crippen molar-refractivity contribution in [2.45, 2.75) is 16.0 Å². The Kier molecular flexibility index (Phi) is 14.9. The highest BCUT2D eigenvalue weighted by Crippen LogP contribution is 2.53. The molecule has 102 heavy (non-hydrogen) atoms. The minimum Gasteiger partial charge on any atom is -0.311 e. The molecular formula is C85H50B2F9N5S. The third-order valence-electron chi connectivity index (χ3n) is 19.7. The molecule has 0 spiro atoms. The largest absolute Gasteiger partial charge is 0.416 e. The molecule has 4 heterocycles. The first-order valence-corrected chi connectivity index (χ1v) is 33.8. The van der Waals surface area contributed by atoms with E-state index in [0.717, 1.165) is 90.7 Å². The van der Waals surface area contributed by atoms with Crippen molar-refractivity contribution < 1.29 is 39.5 Å². The number of fused-ring (bicyclic) bond motifs is 8. The van der Waals surface area contributed by atoms with Crippen LogP contribution in [0, 0.1) is 34.9 Å². The van der Waals surface area contributed by atoms with Gasteiger partial charge in [0.2, 0.25) is 6.71 Å². The minimum absolute atomic E-state index is 0.129. The summed E-state index contributed by atoms with van der Waals surface area (Å²) in [5.41, 5.74) is 11.1. The highest BCUT2D eigenvalue weighted by Gasteiger charge is 2.49. The Balaban J connectivity index is 0.917. The molecule has 5 nitrogen and oxygen atoms in total. The number of anilines is 15. The summed E-state index contributed by atoms with van der Waals surface area (Å²) < 4.78 is 147. The quantitative estimate of drug-likeness (QED) is 0.0941. The van der Waals surface area contributed by atoms with Gasteiger partial charge < -0.3 is 24.5 Å². The van der Waals surface area contributed by atoms with Crippen LogP contribution in [0.2, 0.25) is 0 Å². The first-order chi connectivity index (χ1) is 49.7. The van der Waals surface area contributed by atoms with Crippen LogP contribution < -0.4 is 57.3 Å². The lowest BCUT2D eigenvalue weighted by Crippen LogP contribution is -2.64. The van der Waals surface area contributed by atoms with Gasteiger partial charge in [-0.15, -0.1) is 0 Å². The van der Waals surface area contributed by atoms with E-state index in [9.17, 15) is 13.2 Å². The fourth-order valence-electron chi connectivity index (χ4n) is 15.3. The second-order valence-corrected chi connectivity index (χ2v) is 26.5. The van der Waals surface area contributed by atoms with Crippen LogP contribution >= 0.6 is 11.8 Å². The van der Waals surface area contributed by atoms with E-state index in [2.05, 4.69) is 41.3 Å². The van der Waals surface area contributed by atoms with Crippen LogP contribution in [0.3, 0.4) is 0 Å². The average Bonchev–Trinajstić information content (AvgIpc) is 0.689. The van der Waals surface area contributed by atoms with Gasteiger partial charge in [-0.05, 0) is 189 Å². The molecule has 0 aromatic heterocycles. The lowest BCUT2D eigenvalue weighted by Gasteiger charge is -2.46. The zero-order valence-electron chi connectivity index (χ0n) is 53.6. The van der Waals surface area contributed by atoms with E-state index in [1.165, 1.54) is 64.0 Å². The van der Waals surface area contributed by atoms with Crippen LogP contribution in [0.4, 0.5) is 125 Å². The summed E-state index contributed by atoms with van der Waals surface area (Å²) in [5, 5.41) is 0. The number of rotatable bonds is 11. The molecule has 0 unspecified atom stereocenters. The molecule has 14 aromatic rings. The number of hydrogen-bond donors (Lipinski definition) is 0. The van der Waals surface area contributed by atoms with Crippen molar-refractivity contribution in [1.82, 2.24) is 0 Å². The topological polar surface area (TPSA) is 16.2 Å². The second-order valence-electron chi connectivity index (χ2n) is 25.4. The molecule has 4 aliphatic heterocycles. The average molecular weight is 1370 g/mol. The molecule has 0 saturated carbocycles. The van der Waals surface area contributed by atoms with Crippen LogP contribution in [0.25, 0.3) is 22.3 Å². The molecule has 4 aliphatic rings. The van der Waals surface area contributed by atoms with E-state index in [1.54, 1.807) is 59.5 Å². The maximum atomic E-state index is 17.1. The third-order valence-corrected chi connectivity index (χ3v) is 20.8. The number of benzene rings is 14. The van der Waals surface area contributed by atoms with Gasteiger partial charge >= 0.3 is 6.18 Å². The van der Waals surface area contributed by atoms with Crippen molar-refractivity contribution in [3.05, 3.63) is 344 Å². The van der Waals surface area contributed by atoms with E-state index in [-0.39, 0.29) is 22.7 Å². The Morgan fingerprint density at radius 2 is 0.696 bits per heavy atom. The zero-order valence-corrected chi connectivity index (χ0v) is 54.4. The van der Waals surface area contributed by atoms with Crippen molar-refractivity contribution in [2.75, 3.05) is 24.5 Å². The molecule has 0 N–H and O–H groups in total. The van der Waals surface area contributed by atoms with Crippen LogP contribution in [0.1, 0.15) is 5.56 Å². The molecule has 490 valence electrons. The van der Waals surface area contributed by atoms with Gasteiger partial charge in [-0.3, -0.25) is 0 Å². The molecule has 0 radical (unpaired) electrons. The van der Waals surface area contributed by atoms with E-state index < -0.39 is 71.4 Å². The van der Waals surface area contributed by atoms with Crippen LogP contribution in [0.5, 0.6) is 0 Å². The Morgan fingerprint density at radius 3 is 1.20 bits per heavy atom. The Labute approximate surface area is 586 Å². The molecule has 0 amide bonds. The summed E-state index contributed by atoms with van der Waals surface area (Å²) in [6.45, 7) is -1.48. The lowest BCUT2D eigenvalue weighted by atomic mass is 9.31. The fraction of sp³-hybridized carbons (Fsp3) is 0.0118. The fourth-order valence-corrected chi connectivity index (χ4v) is 16.5. The summed E-state index contributed by atoms with van der Waals surface area (Å²) in [6, 6.07) is 86.9. The Hall–Kier alpha value is -12.1. The van der Waals surface area contributed by atoms with E-state index >= 15 is 26.3 Å². The molecule has 14 aromatic carbocycles. The summed E-state index contributed by atoms with van der Waals surface area (Å²) >= 11 is 1.43. The predicted molar refractivity (Wildman–Crippen MR) is 395 cm³/mol. The standard InChI is InChI=1S/C85H50B2F9N5S/c88-66-25-14-26-67(89)82(66)98(56-21-8-3-9-22-56)60-45-75-80-76(46-60)100(83-68(90)27-15-28-69(83)91)72-31-12-10-23-62(72)86(80)64-49-65-78(50-74(64)99(75)59-43-37-55(38-44-59)85(94,95)96)102-79-48-61(47-77-81(79)87(65)63-24-11-13-32-73(63)101(77)84-70(92)29-16-30-71(84)93)97(57-39-33-53(34-40-57)51-17-4-1-5-18-51)58-41-35-54(36-42-58)52-19-6-2-7-20-52/h1-50H. The molecular weight excluding hydrogens is 1320 g/mol. The highest BCUT2D eigenvalue weighted by atomic mass is 32.2. The Morgan fingerprint density at radius 1 is 0.284 bits per heavy atom. The normalized spacial score (nSPS) is 13.0. The summed E-state index contributed by atoms with van der Waals surface area (Å²) in [7, 11) is 0. The van der Waals surface area contributed by atoms with Crippen molar-refractivity contribution in [2.24, 2.45) is 0 Å². The highest BCUT2D eigenvalue weighted by molar-refractivity contribution is 8.00. The summed E-state index contributed by atoms with van der Waals surface area (Å²) in [5.74, 6) is -5.29. The number of alkyl halides is 3. The SMILES string of the molecule is Fc1cccc(F)c1N(c1ccccc1)c1cc2c3c(c1)N(c1c(F)cccc1F)c1ccccc1B3c1cc3c(cc1N2c1ccc(C(F)(F)F)cc1)Sc1cc(N(c2ccc(-c4ccccc4)cc2)c2ccc(-c4ccccc4)cc2)cc2c1B3c1ccccc1N2c1c(F)cccc1F. The predicted octanol–water partition coefficient (Wildman–Crippen LogP) is 20.7. The molecule has 0 fully saturated rings. The van der Waals surface area contributed by atoms with Gasteiger partial charge in [0.15, 0.2) is 0 Å². The number of nitrogens with zero attached hydrogens (tertiary/aromatic N) is 5. The van der Waals surface area contributed by atoms with Crippen LogP contribution in [0.15, 0.2) is 313 Å². The molecule has 0 aliphatic carbocycles. The van der Waals surface area contributed by atoms with E-state index in [0.29, 0.717) is 61.7 Å². The number of halogens is 9. The molecule has 0 atom stereocenters. The van der Waals surface area contributed by atoms with Crippen molar-refractivity contribution >= 4 is 143 Å². The smallest absolute Gasteiger partial charge is 0.311 e. The lowest BCUT2D eigenvalue weighted by molar-refractivity contribution is -0.137. The first kappa shape index (κ1) is 62.2. The maximum Gasteiger partial charge on any atom is 0.416 e. The summed E-state index contributed by atoms with van der Waals surface area (Å²) in [6.07, 6.45) is -4.74. The molecule has 0 bridgehead atoms. The molecule has 17 heteroatoms. The summed E-state index contributed by atoms with van der Waals surface area (Å²) in [4.78, 5) is 9.90. The molecule has 18 rings (SSSR count). The van der Waals surface area contributed by atoms with E-state index in [4.69, 9.17) is 0 Å².